The zero-order valence-corrected chi connectivity index (χ0v) is 18.6. The van der Waals surface area contributed by atoms with Crippen LogP contribution in [0.2, 0.25) is 0 Å². The second kappa shape index (κ2) is 10.0. The summed E-state index contributed by atoms with van der Waals surface area (Å²) in [6, 6.07) is 15.5. The first-order valence-electron chi connectivity index (χ1n) is 9.98. The average molecular weight is 479 g/mol. The number of methoxy groups -OCH3 is 1. The van der Waals surface area contributed by atoms with Gasteiger partial charge in [0.25, 0.3) is 11.8 Å². The molecular weight excluding hydrogens is 461 g/mol. The highest BCUT2D eigenvalue weighted by Crippen LogP contribution is 2.26. The van der Waals surface area contributed by atoms with Gasteiger partial charge in [-0.1, -0.05) is 6.07 Å². The van der Waals surface area contributed by atoms with Gasteiger partial charge in [0, 0.05) is 11.3 Å². The van der Waals surface area contributed by atoms with E-state index in [2.05, 4.69) is 25.5 Å². The molecule has 0 aliphatic heterocycles. The smallest absolute Gasteiger partial charge is 0.325 e. The number of aromatic nitrogens is 3. The number of anilines is 1. The minimum absolute atomic E-state index is 0.0763. The molecule has 0 bridgehead atoms. The van der Waals surface area contributed by atoms with Gasteiger partial charge < -0.3 is 15.4 Å². The molecule has 2 N–H and O–H groups in total. The van der Waals surface area contributed by atoms with E-state index in [1.807, 2.05) is 17.5 Å². The molecule has 4 aromatic rings. The molecule has 2 aromatic carbocycles. The largest absolute Gasteiger partial charge is 0.468 e. The molecule has 9 nitrogen and oxygen atoms in total. The van der Waals surface area contributed by atoms with Gasteiger partial charge in [-0.05, 0) is 60.0 Å². The van der Waals surface area contributed by atoms with E-state index >= 15 is 0 Å². The highest BCUT2D eigenvalue weighted by Gasteiger charge is 2.20. The Bertz CT molecular complexity index is 1320. The van der Waals surface area contributed by atoms with Crippen LogP contribution in [0.1, 0.15) is 21.0 Å². The van der Waals surface area contributed by atoms with Gasteiger partial charge in [-0.25, -0.2) is 14.1 Å². The van der Waals surface area contributed by atoms with E-state index in [-0.39, 0.29) is 18.2 Å². The van der Waals surface area contributed by atoms with Crippen molar-refractivity contribution in [1.29, 1.82) is 0 Å². The average Bonchev–Trinajstić information content (AvgIpc) is 3.53. The molecule has 0 atom stereocenters. The van der Waals surface area contributed by atoms with Crippen molar-refractivity contribution in [3.05, 3.63) is 83.2 Å². The van der Waals surface area contributed by atoms with Crippen LogP contribution in [0.25, 0.3) is 16.4 Å². The van der Waals surface area contributed by atoms with Crippen molar-refractivity contribution in [2.75, 3.05) is 19.0 Å². The molecule has 0 saturated carbocycles. The van der Waals surface area contributed by atoms with Crippen molar-refractivity contribution in [2.24, 2.45) is 0 Å². The summed E-state index contributed by atoms with van der Waals surface area (Å²) in [5.74, 6) is -1.59. The van der Waals surface area contributed by atoms with Gasteiger partial charge in [-0.15, -0.1) is 16.4 Å². The van der Waals surface area contributed by atoms with Gasteiger partial charge in [-0.3, -0.25) is 14.4 Å². The van der Waals surface area contributed by atoms with E-state index in [0.717, 1.165) is 4.88 Å². The molecule has 0 aliphatic rings. The summed E-state index contributed by atoms with van der Waals surface area (Å²) in [4.78, 5) is 41.2. The molecule has 2 aromatic heterocycles. The van der Waals surface area contributed by atoms with Crippen LogP contribution in [0.5, 0.6) is 0 Å². The summed E-state index contributed by atoms with van der Waals surface area (Å²) < 4.78 is 19.3. The molecule has 0 radical (unpaired) electrons. The van der Waals surface area contributed by atoms with E-state index < -0.39 is 17.8 Å². The predicted molar refractivity (Wildman–Crippen MR) is 123 cm³/mol. The fourth-order valence-electron chi connectivity index (χ4n) is 2.95. The molecule has 4 rings (SSSR count). The third-order valence-electron chi connectivity index (χ3n) is 4.65. The van der Waals surface area contributed by atoms with Crippen molar-refractivity contribution in [3.63, 3.8) is 0 Å². The first-order valence-corrected chi connectivity index (χ1v) is 10.9. The van der Waals surface area contributed by atoms with E-state index in [1.54, 1.807) is 24.3 Å². The lowest BCUT2D eigenvalue weighted by Crippen LogP contribution is -2.30. The minimum Gasteiger partial charge on any atom is -0.468 e. The van der Waals surface area contributed by atoms with Crippen molar-refractivity contribution < 1.29 is 23.5 Å². The SMILES string of the molecule is COC(=O)CNC(=O)c1ccc(NC(=O)c2nc(-c3cccs3)n(-c3ccc(F)cc3)n2)cc1. The molecule has 2 heterocycles. The van der Waals surface area contributed by atoms with Crippen LogP contribution in [0, 0.1) is 5.82 Å². The Kier molecular flexibility index (Phi) is 6.74. The first-order chi connectivity index (χ1) is 16.4. The fourth-order valence-corrected chi connectivity index (χ4v) is 3.65. The lowest BCUT2D eigenvalue weighted by Gasteiger charge is -2.06. The van der Waals surface area contributed by atoms with Crippen LogP contribution in [0.4, 0.5) is 10.1 Å². The Labute approximate surface area is 197 Å². The Morgan fingerprint density at radius 1 is 1.03 bits per heavy atom. The van der Waals surface area contributed by atoms with Gasteiger partial charge in [-0.2, -0.15) is 0 Å². The Morgan fingerprint density at radius 3 is 2.41 bits per heavy atom. The van der Waals surface area contributed by atoms with Crippen molar-refractivity contribution in [3.8, 4) is 16.4 Å². The molecule has 0 fully saturated rings. The third-order valence-corrected chi connectivity index (χ3v) is 5.51. The summed E-state index contributed by atoms with van der Waals surface area (Å²) in [5, 5.41) is 11.3. The van der Waals surface area contributed by atoms with Crippen molar-refractivity contribution in [2.45, 2.75) is 0 Å². The Morgan fingerprint density at radius 2 is 1.76 bits per heavy atom. The lowest BCUT2D eigenvalue weighted by molar-refractivity contribution is -0.139. The van der Waals surface area contributed by atoms with Gasteiger partial charge >= 0.3 is 5.97 Å². The number of benzene rings is 2. The summed E-state index contributed by atoms with van der Waals surface area (Å²) >= 11 is 1.43. The summed E-state index contributed by atoms with van der Waals surface area (Å²) in [5.41, 5.74) is 1.28. The van der Waals surface area contributed by atoms with Crippen LogP contribution in [-0.2, 0) is 9.53 Å². The number of hydrogen-bond donors (Lipinski definition) is 2. The highest BCUT2D eigenvalue weighted by atomic mass is 32.1. The first kappa shape index (κ1) is 22.8. The minimum atomic E-state index is -0.563. The van der Waals surface area contributed by atoms with Crippen LogP contribution < -0.4 is 10.6 Å². The zero-order chi connectivity index (χ0) is 24.1. The fraction of sp³-hybridized carbons (Fsp3) is 0.0870. The van der Waals surface area contributed by atoms with E-state index in [9.17, 15) is 18.8 Å². The van der Waals surface area contributed by atoms with Crippen LogP contribution >= 0.6 is 11.3 Å². The maximum absolute atomic E-state index is 13.4. The number of ether oxygens (including phenoxy) is 1. The summed E-state index contributed by atoms with van der Waals surface area (Å²) in [6.07, 6.45) is 0. The second-order valence-electron chi connectivity index (χ2n) is 6.91. The predicted octanol–water partition coefficient (Wildman–Crippen LogP) is 3.29. The molecule has 0 aliphatic carbocycles. The van der Waals surface area contributed by atoms with E-state index in [0.29, 0.717) is 22.8 Å². The maximum atomic E-state index is 13.4. The maximum Gasteiger partial charge on any atom is 0.325 e. The zero-order valence-electron chi connectivity index (χ0n) is 17.8. The van der Waals surface area contributed by atoms with Crippen molar-refractivity contribution >= 4 is 34.8 Å². The third kappa shape index (κ3) is 5.15. The standard InChI is InChI=1S/C23H18FN5O4S/c1-33-19(30)13-25-22(31)14-4-8-16(9-5-14)26-23(32)20-27-21(18-3-2-12-34-18)29(28-20)17-10-6-15(24)7-11-17/h2-12H,13H2,1H3,(H,25,31)(H,26,32). The number of thiophene rings is 1. The second-order valence-corrected chi connectivity index (χ2v) is 7.86. The number of nitrogens with one attached hydrogen (secondary N) is 2. The summed E-state index contributed by atoms with van der Waals surface area (Å²) in [7, 11) is 1.23. The highest BCUT2D eigenvalue weighted by molar-refractivity contribution is 7.13. The van der Waals surface area contributed by atoms with Crippen LogP contribution in [0.3, 0.4) is 0 Å². The summed E-state index contributed by atoms with van der Waals surface area (Å²) in [6.45, 7) is -0.247. The molecule has 0 saturated heterocycles. The van der Waals surface area contributed by atoms with E-state index in [1.165, 1.54) is 47.4 Å². The van der Waals surface area contributed by atoms with Gasteiger partial charge in [0.05, 0.1) is 17.7 Å². The number of amides is 2. The number of esters is 1. The van der Waals surface area contributed by atoms with Gasteiger partial charge in [0.15, 0.2) is 5.82 Å². The normalized spacial score (nSPS) is 10.5. The van der Waals surface area contributed by atoms with Gasteiger partial charge in [0.2, 0.25) is 5.82 Å². The molecule has 0 unspecified atom stereocenters. The number of carbonyl (C=O) groups is 3. The van der Waals surface area contributed by atoms with Gasteiger partial charge in [0.1, 0.15) is 12.4 Å². The molecular formula is C23H18FN5O4S. The number of rotatable bonds is 7. The molecule has 0 spiro atoms. The molecule has 172 valence electrons. The number of nitrogens with zero attached hydrogens (tertiary/aromatic N) is 3. The number of carbonyl (C=O) groups excluding carboxylic acids is 3. The topological polar surface area (TPSA) is 115 Å². The Balaban J connectivity index is 1.52. The molecule has 11 heteroatoms. The van der Waals surface area contributed by atoms with Crippen LogP contribution in [-0.4, -0.2) is 46.2 Å². The lowest BCUT2D eigenvalue weighted by atomic mass is 10.2. The van der Waals surface area contributed by atoms with E-state index in [4.69, 9.17) is 0 Å². The molecule has 2 amide bonds. The number of halogens is 1. The van der Waals surface area contributed by atoms with Crippen molar-refractivity contribution in [1.82, 2.24) is 20.1 Å². The Hall–Kier alpha value is -4.38. The quantitative estimate of drug-likeness (QED) is 0.393. The van der Waals surface area contributed by atoms with Crippen LogP contribution in [0.15, 0.2) is 66.0 Å². The monoisotopic (exact) mass is 479 g/mol. The molecule has 34 heavy (non-hydrogen) atoms. The number of hydrogen-bond acceptors (Lipinski definition) is 7.